The number of thioether (sulfide) groups is 1. The number of benzene rings is 2. The second-order valence-corrected chi connectivity index (χ2v) is 10.9. The van der Waals surface area contributed by atoms with E-state index >= 15 is 0 Å². The molecule has 3 nitrogen and oxygen atoms in total. The van der Waals surface area contributed by atoms with Crippen molar-refractivity contribution >= 4 is 27.5 Å². The van der Waals surface area contributed by atoms with Gasteiger partial charge in [-0.1, -0.05) is 49.4 Å². The molecule has 0 bridgehead atoms. The molecule has 144 valence electrons. The maximum atomic E-state index is 13.7. The molecule has 0 radical (unpaired) electrons. The summed E-state index contributed by atoms with van der Waals surface area (Å²) in [6.07, 6.45) is 6.78. The van der Waals surface area contributed by atoms with E-state index in [9.17, 15) is 8.42 Å². The van der Waals surface area contributed by atoms with Crippen molar-refractivity contribution < 1.29 is 8.42 Å². The second kappa shape index (κ2) is 7.51. The van der Waals surface area contributed by atoms with Gasteiger partial charge in [0.2, 0.25) is 0 Å². The third kappa shape index (κ3) is 3.64. The lowest BCUT2D eigenvalue weighted by Crippen LogP contribution is -2.49. The molecule has 1 saturated carbocycles. The van der Waals surface area contributed by atoms with Crippen LogP contribution >= 0.6 is 11.8 Å². The fourth-order valence-electron chi connectivity index (χ4n) is 4.21. The molecule has 0 amide bonds. The minimum atomic E-state index is -3.59. The van der Waals surface area contributed by atoms with Gasteiger partial charge >= 0.3 is 0 Å². The molecule has 27 heavy (non-hydrogen) atoms. The highest BCUT2D eigenvalue weighted by Crippen LogP contribution is 2.48. The van der Waals surface area contributed by atoms with Crippen molar-refractivity contribution in [1.29, 1.82) is 0 Å². The minimum Gasteiger partial charge on any atom is -0.261 e. The molecule has 0 aromatic heterocycles. The zero-order valence-electron chi connectivity index (χ0n) is 16.0. The molecular weight excluding hydrogens is 374 g/mol. The molecule has 1 fully saturated rings. The summed E-state index contributed by atoms with van der Waals surface area (Å²) in [5, 5.41) is 0.334. The first kappa shape index (κ1) is 18.9. The summed E-state index contributed by atoms with van der Waals surface area (Å²) < 4.78 is 29.3. The molecule has 2 atom stereocenters. The lowest BCUT2D eigenvalue weighted by Gasteiger charge is -2.43. The van der Waals surface area contributed by atoms with Crippen LogP contribution in [0.15, 0.2) is 52.3 Å². The number of fused-ring (bicyclic) bond motifs is 2. The van der Waals surface area contributed by atoms with Gasteiger partial charge in [-0.3, -0.25) is 4.31 Å². The molecule has 0 saturated heterocycles. The second-order valence-electron chi connectivity index (χ2n) is 7.80. The van der Waals surface area contributed by atoms with E-state index in [1.54, 1.807) is 16.4 Å². The normalized spacial score (nSPS) is 23.1. The van der Waals surface area contributed by atoms with E-state index in [1.165, 1.54) is 19.3 Å². The molecule has 0 spiro atoms. The molecule has 5 heteroatoms. The van der Waals surface area contributed by atoms with E-state index < -0.39 is 10.0 Å². The van der Waals surface area contributed by atoms with Gasteiger partial charge in [-0.2, -0.15) is 0 Å². The molecule has 0 N–H and O–H groups in total. The van der Waals surface area contributed by atoms with Crippen molar-refractivity contribution in [2.75, 3.05) is 4.31 Å². The third-order valence-corrected chi connectivity index (χ3v) is 8.98. The van der Waals surface area contributed by atoms with Gasteiger partial charge < -0.3 is 0 Å². The van der Waals surface area contributed by atoms with E-state index in [2.05, 4.69) is 12.1 Å². The monoisotopic (exact) mass is 401 g/mol. The summed E-state index contributed by atoms with van der Waals surface area (Å²) in [6, 6.07) is 13.5. The van der Waals surface area contributed by atoms with Gasteiger partial charge in [0.1, 0.15) is 0 Å². The Morgan fingerprint density at radius 2 is 1.56 bits per heavy atom. The van der Waals surface area contributed by atoms with E-state index in [-0.39, 0.29) is 6.04 Å². The highest BCUT2D eigenvalue weighted by atomic mass is 32.2. The first-order valence-corrected chi connectivity index (χ1v) is 12.2. The van der Waals surface area contributed by atoms with E-state index in [1.807, 2.05) is 43.8 Å². The maximum absolute atomic E-state index is 13.7. The zero-order valence-corrected chi connectivity index (χ0v) is 17.7. The van der Waals surface area contributed by atoms with Crippen LogP contribution in [0.5, 0.6) is 0 Å². The van der Waals surface area contributed by atoms with E-state index in [4.69, 9.17) is 0 Å². The Bertz CT molecular complexity index is 922. The highest BCUT2D eigenvalue weighted by Gasteiger charge is 2.41. The van der Waals surface area contributed by atoms with Crippen molar-refractivity contribution in [1.82, 2.24) is 0 Å². The first-order valence-electron chi connectivity index (χ1n) is 9.85. The molecule has 1 heterocycles. The fraction of sp³-hybridized carbons (Fsp3) is 0.455. The summed E-state index contributed by atoms with van der Waals surface area (Å²) >= 11 is 1.88. The van der Waals surface area contributed by atoms with Crippen LogP contribution in [0.25, 0.3) is 0 Å². The van der Waals surface area contributed by atoms with Crippen molar-refractivity contribution in [3.05, 3.63) is 53.6 Å². The van der Waals surface area contributed by atoms with Gasteiger partial charge in [0, 0.05) is 10.1 Å². The third-order valence-electron chi connectivity index (χ3n) is 5.68. The molecule has 2 aromatic carbocycles. The Kier molecular flexibility index (Phi) is 5.26. The van der Waals surface area contributed by atoms with E-state index in [0.717, 1.165) is 41.0 Å². The Hall–Kier alpha value is -1.46. The molecule has 2 aromatic rings. The van der Waals surface area contributed by atoms with Gasteiger partial charge in [0.15, 0.2) is 0 Å². The van der Waals surface area contributed by atoms with Crippen LogP contribution < -0.4 is 4.31 Å². The van der Waals surface area contributed by atoms with Crippen molar-refractivity contribution in [2.45, 2.75) is 73.5 Å². The lowest BCUT2D eigenvalue weighted by atomic mass is 9.95. The lowest BCUT2D eigenvalue weighted by molar-refractivity contribution is 0.455. The van der Waals surface area contributed by atoms with Crippen molar-refractivity contribution in [3.63, 3.8) is 0 Å². The summed E-state index contributed by atoms with van der Waals surface area (Å²) in [6.45, 7) is 4.02. The van der Waals surface area contributed by atoms with Crippen LogP contribution in [-0.4, -0.2) is 19.7 Å². The molecular formula is C22H27NO2S2. The Morgan fingerprint density at radius 1 is 0.889 bits per heavy atom. The van der Waals surface area contributed by atoms with Crippen LogP contribution in [0.4, 0.5) is 5.69 Å². The zero-order chi connectivity index (χ0) is 19.0. The minimum absolute atomic E-state index is 0.0379. The predicted octanol–water partition coefficient (Wildman–Crippen LogP) is 5.70. The summed E-state index contributed by atoms with van der Waals surface area (Å²) in [5.74, 6) is 0. The van der Waals surface area contributed by atoms with Crippen LogP contribution in [-0.2, 0) is 10.0 Å². The maximum Gasteiger partial charge on any atom is 0.264 e. The number of sulfonamides is 1. The quantitative estimate of drug-likeness (QED) is 0.648. The summed E-state index contributed by atoms with van der Waals surface area (Å²) in [7, 11) is -3.59. The van der Waals surface area contributed by atoms with E-state index in [0.29, 0.717) is 10.1 Å². The fourth-order valence-corrected chi connectivity index (χ4v) is 7.52. The molecule has 0 unspecified atom stereocenters. The number of hydrogen-bond donors (Lipinski definition) is 0. The first-order chi connectivity index (χ1) is 13.0. The Balaban J connectivity index is 1.86. The summed E-state index contributed by atoms with van der Waals surface area (Å²) in [5.41, 5.74) is 3.04. The largest absolute Gasteiger partial charge is 0.264 e. The van der Waals surface area contributed by atoms with Crippen LogP contribution in [0.2, 0.25) is 0 Å². The topological polar surface area (TPSA) is 37.4 Å². The molecule has 4 rings (SSSR count). The number of anilines is 1. The Labute approximate surface area is 167 Å². The molecule has 1 aliphatic carbocycles. The standard InChI is InChI=1S/C22H27NO2S2/c1-16-9-12-18(13-10-16)27(24,25)23-19-7-5-3-4-6-8-21(19)26-22-14-11-17(2)15-20(22)23/h9-15,19,21H,3-8H2,1-2H3/t19-,21-/m1/s1. The van der Waals surface area contributed by atoms with Gasteiger partial charge in [0.05, 0.1) is 16.6 Å². The van der Waals surface area contributed by atoms with Crippen molar-refractivity contribution in [2.24, 2.45) is 0 Å². The predicted molar refractivity (Wildman–Crippen MR) is 113 cm³/mol. The number of hydrogen-bond acceptors (Lipinski definition) is 3. The van der Waals surface area contributed by atoms with Crippen LogP contribution in [0.1, 0.15) is 49.7 Å². The van der Waals surface area contributed by atoms with Crippen LogP contribution in [0, 0.1) is 13.8 Å². The molecule has 2 aliphatic rings. The summed E-state index contributed by atoms with van der Waals surface area (Å²) in [4.78, 5) is 1.49. The molecule has 1 aliphatic heterocycles. The van der Waals surface area contributed by atoms with Gasteiger partial charge in [-0.25, -0.2) is 8.42 Å². The van der Waals surface area contributed by atoms with Crippen LogP contribution in [0.3, 0.4) is 0 Å². The highest BCUT2D eigenvalue weighted by molar-refractivity contribution is 8.00. The SMILES string of the molecule is Cc1ccc(S(=O)(=O)N2c3cc(C)ccc3S[C@@H]3CCCCCC[C@H]32)cc1. The van der Waals surface area contributed by atoms with Gasteiger partial charge in [-0.05, 0) is 56.5 Å². The van der Waals surface area contributed by atoms with Crippen molar-refractivity contribution in [3.8, 4) is 0 Å². The average Bonchev–Trinajstić information content (AvgIpc) is 2.62. The smallest absolute Gasteiger partial charge is 0.261 e. The Morgan fingerprint density at radius 3 is 2.30 bits per heavy atom. The number of rotatable bonds is 2. The average molecular weight is 402 g/mol. The number of aryl methyl sites for hydroxylation is 2. The van der Waals surface area contributed by atoms with Gasteiger partial charge in [-0.15, -0.1) is 11.8 Å². The van der Waals surface area contributed by atoms with Gasteiger partial charge in [0.25, 0.3) is 10.0 Å². The number of nitrogens with zero attached hydrogens (tertiary/aromatic N) is 1.